The number of likely N-dealkylation sites (N-methyl/N-ethyl adjacent to an activating group) is 1. The van der Waals surface area contributed by atoms with Gasteiger partial charge in [0.25, 0.3) is 0 Å². The highest BCUT2D eigenvalue weighted by Crippen LogP contribution is 2.28. The van der Waals surface area contributed by atoms with Crippen LogP contribution in [0.15, 0.2) is 27.6 Å². The van der Waals surface area contributed by atoms with Crippen LogP contribution in [0, 0.1) is 0 Å². The minimum absolute atomic E-state index is 0.0341. The number of sulfonamides is 1. The fraction of sp³-hybridized carbons (Fsp3) is 0.500. The molecule has 0 saturated carbocycles. The second kappa shape index (κ2) is 5.40. The van der Waals surface area contributed by atoms with Crippen LogP contribution in [0.3, 0.4) is 0 Å². The molecule has 0 aliphatic carbocycles. The normalized spacial score (nSPS) is 22.6. The van der Waals surface area contributed by atoms with Crippen LogP contribution >= 0.6 is 15.9 Å². The molecule has 19 heavy (non-hydrogen) atoms. The van der Waals surface area contributed by atoms with Gasteiger partial charge in [-0.15, -0.1) is 0 Å². The smallest absolute Gasteiger partial charge is 0.244 e. The van der Waals surface area contributed by atoms with Crippen molar-refractivity contribution in [3.05, 3.63) is 22.7 Å². The van der Waals surface area contributed by atoms with E-state index >= 15 is 0 Å². The van der Waals surface area contributed by atoms with E-state index in [1.807, 2.05) is 14.0 Å². The maximum absolute atomic E-state index is 12.7. The van der Waals surface area contributed by atoms with Crippen molar-refractivity contribution in [3.8, 4) is 0 Å². The predicted octanol–water partition coefficient (Wildman–Crippen LogP) is 1.36. The first-order chi connectivity index (χ1) is 8.82. The van der Waals surface area contributed by atoms with Crippen molar-refractivity contribution in [3.63, 3.8) is 0 Å². The third kappa shape index (κ3) is 2.94. The molecule has 1 fully saturated rings. The van der Waals surface area contributed by atoms with E-state index in [4.69, 9.17) is 5.73 Å². The van der Waals surface area contributed by atoms with Gasteiger partial charge >= 0.3 is 0 Å². The summed E-state index contributed by atoms with van der Waals surface area (Å²) in [6.07, 6.45) is 0. The van der Waals surface area contributed by atoms with Crippen LogP contribution < -0.4 is 5.73 Å². The van der Waals surface area contributed by atoms with Crippen molar-refractivity contribution >= 4 is 31.6 Å². The van der Waals surface area contributed by atoms with Crippen molar-refractivity contribution in [2.24, 2.45) is 0 Å². The molecule has 1 aliphatic heterocycles. The summed E-state index contributed by atoms with van der Waals surface area (Å²) in [5, 5.41) is 0. The fourth-order valence-corrected chi connectivity index (χ4v) is 5.00. The Hall–Kier alpha value is -0.630. The van der Waals surface area contributed by atoms with Gasteiger partial charge in [0.2, 0.25) is 10.0 Å². The maximum Gasteiger partial charge on any atom is 0.244 e. The summed E-state index contributed by atoms with van der Waals surface area (Å²) in [5.41, 5.74) is 6.19. The van der Waals surface area contributed by atoms with Crippen LogP contribution in [0.25, 0.3) is 0 Å². The Morgan fingerprint density at radius 1 is 1.37 bits per heavy atom. The number of hydrogen-bond donors (Lipinski definition) is 1. The summed E-state index contributed by atoms with van der Waals surface area (Å²) >= 11 is 3.29. The molecular weight excluding hydrogens is 330 g/mol. The second-order valence-corrected chi connectivity index (χ2v) is 7.63. The molecule has 1 aromatic carbocycles. The van der Waals surface area contributed by atoms with Gasteiger partial charge < -0.3 is 10.6 Å². The molecule has 0 spiro atoms. The van der Waals surface area contributed by atoms with Crippen LogP contribution in [-0.2, 0) is 10.0 Å². The first-order valence-electron chi connectivity index (χ1n) is 6.08. The van der Waals surface area contributed by atoms with E-state index in [1.165, 1.54) is 0 Å². The standard InChI is InChI=1S/C12H18BrN3O2S/c1-9-8-15(2)5-6-16(9)19(17,18)12-4-3-10(14)7-11(12)13/h3-4,7,9H,5-6,8,14H2,1-2H3. The Balaban J connectivity index is 2.37. The van der Waals surface area contributed by atoms with Gasteiger partial charge in [0.05, 0.1) is 4.90 Å². The van der Waals surface area contributed by atoms with Gasteiger partial charge in [-0.1, -0.05) is 0 Å². The zero-order chi connectivity index (χ0) is 14.2. The van der Waals surface area contributed by atoms with Gasteiger partial charge in [0.1, 0.15) is 0 Å². The zero-order valence-electron chi connectivity index (χ0n) is 11.0. The van der Waals surface area contributed by atoms with E-state index in [0.717, 1.165) is 13.1 Å². The molecule has 5 nitrogen and oxygen atoms in total. The summed E-state index contributed by atoms with van der Waals surface area (Å²) in [5.74, 6) is 0. The average Bonchev–Trinajstić information content (AvgIpc) is 2.27. The van der Waals surface area contributed by atoms with Crippen molar-refractivity contribution < 1.29 is 8.42 Å². The number of halogens is 1. The van der Waals surface area contributed by atoms with Crippen LogP contribution in [0.5, 0.6) is 0 Å². The van der Waals surface area contributed by atoms with Gasteiger partial charge in [-0.2, -0.15) is 4.31 Å². The monoisotopic (exact) mass is 347 g/mol. The number of nitrogen functional groups attached to an aromatic ring is 1. The van der Waals surface area contributed by atoms with Crippen molar-refractivity contribution in [2.75, 3.05) is 32.4 Å². The van der Waals surface area contributed by atoms with Gasteiger partial charge in [-0.3, -0.25) is 0 Å². The number of anilines is 1. The number of benzene rings is 1. The summed E-state index contributed by atoms with van der Waals surface area (Å²) in [4.78, 5) is 2.41. The molecule has 1 unspecified atom stereocenters. The van der Waals surface area contributed by atoms with E-state index < -0.39 is 10.0 Å². The van der Waals surface area contributed by atoms with Crippen molar-refractivity contribution in [1.29, 1.82) is 0 Å². The lowest BCUT2D eigenvalue weighted by Gasteiger charge is -2.37. The fourth-order valence-electron chi connectivity index (χ4n) is 2.33. The number of hydrogen-bond acceptors (Lipinski definition) is 4. The molecule has 2 N–H and O–H groups in total. The Bertz CT molecular complexity index is 576. The van der Waals surface area contributed by atoms with Crippen molar-refractivity contribution in [1.82, 2.24) is 9.21 Å². The Kier molecular flexibility index (Phi) is 4.20. The quantitative estimate of drug-likeness (QED) is 0.820. The third-order valence-electron chi connectivity index (χ3n) is 3.31. The number of rotatable bonds is 2. The predicted molar refractivity (Wildman–Crippen MR) is 79.4 cm³/mol. The zero-order valence-corrected chi connectivity index (χ0v) is 13.4. The molecule has 7 heteroatoms. The molecule has 2 rings (SSSR count). The lowest BCUT2D eigenvalue weighted by molar-refractivity contribution is 0.170. The molecule has 1 aliphatic rings. The molecule has 0 aromatic heterocycles. The van der Waals surface area contributed by atoms with Crippen LogP contribution in [0.1, 0.15) is 6.92 Å². The molecule has 1 saturated heterocycles. The molecule has 106 valence electrons. The summed E-state index contributed by atoms with van der Waals surface area (Å²) in [6.45, 7) is 3.93. The average molecular weight is 348 g/mol. The van der Waals surface area contributed by atoms with E-state index in [9.17, 15) is 8.42 Å². The van der Waals surface area contributed by atoms with Crippen LogP contribution in [0.4, 0.5) is 5.69 Å². The maximum atomic E-state index is 12.7. The molecule has 1 heterocycles. The number of nitrogens with zero attached hydrogens (tertiary/aromatic N) is 2. The van der Waals surface area contributed by atoms with Gasteiger partial charge in [0, 0.05) is 35.8 Å². The first-order valence-corrected chi connectivity index (χ1v) is 8.31. The molecule has 0 radical (unpaired) electrons. The summed E-state index contributed by atoms with van der Waals surface area (Å²) in [6, 6.07) is 4.75. The van der Waals surface area contributed by atoms with Gasteiger partial charge in [0.15, 0.2) is 0 Å². The molecule has 0 bridgehead atoms. The topological polar surface area (TPSA) is 66.6 Å². The molecule has 1 aromatic rings. The second-order valence-electron chi connectivity index (χ2n) is 4.92. The highest BCUT2D eigenvalue weighted by molar-refractivity contribution is 9.10. The van der Waals surface area contributed by atoms with Gasteiger partial charge in [-0.05, 0) is 48.1 Å². The van der Waals surface area contributed by atoms with Crippen LogP contribution in [0.2, 0.25) is 0 Å². The summed E-state index contributed by atoms with van der Waals surface area (Å²) < 4.78 is 27.4. The van der Waals surface area contributed by atoms with E-state index in [-0.39, 0.29) is 10.9 Å². The Labute approximate surface area is 122 Å². The third-order valence-corrected chi connectivity index (χ3v) is 6.30. The van der Waals surface area contributed by atoms with Gasteiger partial charge in [-0.25, -0.2) is 8.42 Å². The SMILES string of the molecule is CC1CN(C)CCN1S(=O)(=O)c1ccc(N)cc1Br. The van der Waals surface area contributed by atoms with E-state index in [2.05, 4.69) is 20.8 Å². The minimum Gasteiger partial charge on any atom is -0.399 e. The highest BCUT2D eigenvalue weighted by atomic mass is 79.9. The van der Waals surface area contributed by atoms with E-state index in [0.29, 0.717) is 16.7 Å². The minimum atomic E-state index is -3.48. The highest BCUT2D eigenvalue weighted by Gasteiger charge is 2.33. The summed E-state index contributed by atoms with van der Waals surface area (Å²) in [7, 11) is -1.48. The Morgan fingerprint density at radius 3 is 2.63 bits per heavy atom. The Morgan fingerprint density at radius 2 is 2.05 bits per heavy atom. The van der Waals surface area contributed by atoms with E-state index in [1.54, 1.807) is 22.5 Å². The first kappa shape index (κ1) is 14.8. The van der Waals surface area contributed by atoms with Crippen molar-refractivity contribution in [2.45, 2.75) is 17.9 Å². The molecular formula is C12H18BrN3O2S. The number of piperazine rings is 1. The molecule has 1 atom stereocenters. The molecule has 0 amide bonds. The van der Waals surface area contributed by atoms with Crippen LogP contribution in [-0.4, -0.2) is 50.3 Å². The largest absolute Gasteiger partial charge is 0.399 e. The lowest BCUT2D eigenvalue weighted by Crippen LogP contribution is -2.52. The number of nitrogens with two attached hydrogens (primary N) is 1. The lowest BCUT2D eigenvalue weighted by atomic mass is 10.2.